The molecule has 1 nitrogen and oxygen atoms in total. The van der Waals surface area contributed by atoms with E-state index < -0.39 is 0 Å². The fraction of sp³-hybridized carbons (Fsp3) is 1.00. The molecule has 0 N–H and O–H groups in total. The zero-order valence-electron chi connectivity index (χ0n) is 4.70. The van der Waals surface area contributed by atoms with E-state index in [1.165, 1.54) is 12.8 Å². The average molecular weight is 256 g/mol. The molecule has 0 unspecified atom stereocenters. The summed E-state index contributed by atoms with van der Waals surface area (Å²) in [5.74, 6) is 0. The standard InChI is InChI=1S/C4H8O.2BrH.Mg/c1-2-4-5-3-1;;;/h1-4H2;2*1H;/q;;;+2/p-2. The third-order valence-corrected chi connectivity index (χ3v) is 0.827. The molecule has 1 rings (SSSR count). The monoisotopic (exact) mass is 254 g/mol. The number of hydrogen-bond acceptors (Lipinski definition) is 1. The van der Waals surface area contributed by atoms with E-state index in [2.05, 4.69) is 0 Å². The molecule has 0 radical (unpaired) electrons. The van der Waals surface area contributed by atoms with Crippen molar-refractivity contribution in [1.29, 1.82) is 0 Å². The van der Waals surface area contributed by atoms with Gasteiger partial charge in [-0.15, -0.1) is 0 Å². The molecule has 0 aromatic carbocycles. The van der Waals surface area contributed by atoms with E-state index in [4.69, 9.17) is 4.74 Å². The van der Waals surface area contributed by atoms with Gasteiger partial charge in [-0.05, 0) is 12.8 Å². The van der Waals surface area contributed by atoms with Gasteiger partial charge in [-0.2, -0.15) is 0 Å². The molecule has 1 aliphatic rings. The van der Waals surface area contributed by atoms with Crippen LogP contribution >= 0.6 is 0 Å². The largest absolute Gasteiger partial charge is 2.00 e. The first-order valence-electron chi connectivity index (χ1n) is 2.08. The Morgan fingerprint density at radius 3 is 1.38 bits per heavy atom. The Bertz CT molecular complexity index is 25.6. The second kappa shape index (κ2) is 11.5. The van der Waals surface area contributed by atoms with E-state index in [-0.39, 0.29) is 57.0 Å². The van der Waals surface area contributed by atoms with E-state index in [1.807, 2.05) is 0 Å². The van der Waals surface area contributed by atoms with Crippen molar-refractivity contribution in [2.24, 2.45) is 0 Å². The summed E-state index contributed by atoms with van der Waals surface area (Å²) in [6.07, 6.45) is 2.56. The minimum absolute atomic E-state index is 0. The Morgan fingerprint density at radius 1 is 0.875 bits per heavy atom. The summed E-state index contributed by atoms with van der Waals surface area (Å²) in [6.45, 7) is 2.00. The predicted octanol–water partition coefficient (Wildman–Crippen LogP) is -5.58. The van der Waals surface area contributed by atoms with Crippen LogP contribution in [0, 0.1) is 0 Å². The van der Waals surface area contributed by atoms with Gasteiger partial charge in [0.2, 0.25) is 0 Å². The van der Waals surface area contributed by atoms with Crippen molar-refractivity contribution in [3.8, 4) is 0 Å². The van der Waals surface area contributed by atoms with Crippen LogP contribution in [-0.4, -0.2) is 36.3 Å². The van der Waals surface area contributed by atoms with Crippen molar-refractivity contribution in [3.05, 3.63) is 0 Å². The maximum Gasteiger partial charge on any atom is 2.00 e. The molecule has 46 valence electrons. The second-order valence-corrected chi connectivity index (χ2v) is 1.32. The topological polar surface area (TPSA) is 9.23 Å². The van der Waals surface area contributed by atoms with Gasteiger partial charge in [0.15, 0.2) is 0 Å². The summed E-state index contributed by atoms with van der Waals surface area (Å²) in [6, 6.07) is 0. The molecule has 0 bridgehead atoms. The summed E-state index contributed by atoms with van der Waals surface area (Å²) in [4.78, 5) is 0. The number of hydrogen-bond donors (Lipinski definition) is 0. The van der Waals surface area contributed by atoms with Gasteiger partial charge in [-0.3, -0.25) is 0 Å². The van der Waals surface area contributed by atoms with Crippen molar-refractivity contribution in [3.63, 3.8) is 0 Å². The maximum absolute atomic E-state index is 4.94. The fourth-order valence-corrected chi connectivity index (χ4v) is 0.510. The molecule has 1 fully saturated rings. The van der Waals surface area contributed by atoms with Crippen molar-refractivity contribution < 1.29 is 38.7 Å². The van der Waals surface area contributed by atoms with E-state index in [9.17, 15) is 0 Å². The van der Waals surface area contributed by atoms with Crippen molar-refractivity contribution in [2.75, 3.05) is 13.2 Å². The fourth-order valence-electron chi connectivity index (χ4n) is 0.510. The van der Waals surface area contributed by atoms with Crippen LogP contribution in [0.15, 0.2) is 0 Å². The molecule has 1 heterocycles. The van der Waals surface area contributed by atoms with Crippen LogP contribution in [0.5, 0.6) is 0 Å². The molecule has 0 aromatic rings. The first kappa shape index (κ1) is 16.3. The van der Waals surface area contributed by atoms with Gasteiger partial charge in [0.05, 0.1) is 0 Å². The zero-order valence-corrected chi connectivity index (χ0v) is 9.29. The molecule has 0 amide bonds. The van der Waals surface area contributed by atoms with Gasteiger partial charge in [-0.1, -0.05) is 0 Å². The summed E-state index contributed by atoms with van der Waals surface area (Å²) < 4.78 is 4.94. The Kier molecular flexibility index (Phi) is 23.5. The minimum Gasteiger partial charge on any atom is -1.00 e. The van der Waals surface area contributed by atoms with Crippen LogP contribution in [0.3, 0.4) is 0 Å². The smallest absolute Gasteiger partial charge is 1.00 e. The van der Waals surface area contributed by atoms with Crippen LogP contribution in [0.25, 0.3) is 0 Å². The molecular formula is C4H8Br2MgO. The maximum atomic E-state index is 4.94. The molecule has 1 saturated heterocycles. The zero-order chi connectivity index (χ0) is 3.54. The van der Waals surface area contributed by atoms with Gasteiger partial charge in [-0.25, -0.2) is 0 Å². The Hall–Kier alpha value is 1.69. The third-order valence-electron chi connectivity index (χ3n) is 0.827. The van der Waals surface area contributed by atoms with E-state index in [0.717, 1.165) is 13.2 Å². The van der Waals surface area contributed by atoms with Crippen molar-refractivity contribution in [1.82, 2.24) is 0 Å². The van der Waals surface area contributed by atoms with Crippen LogP contribution in [-0.2, 0) is 4.74 Å². The first-order valence-corrected chi connectivity index (χ1v) is 2.08. The third kappa shape index (κ3) is 7.69. The summed E-state index contributed by atoms with van der Waals surface area (Å²) in [5, 5.41) is 0. The quantitative estimate of drug-likeness (QED) is 0.393. The van der Waals surface area contributed by atoms with Gasteiger partial charge in [0, 0.05) is 13.2 Å². The van der Waals surface area contributed by atoms with Gasteiger partial charge < -0.3 is 38.7 Å². The predicted molar refractivity (Wildman–Crippen MR) is 25.8 cm³/mol. The van der Waals surface area contributed by atoms with Crippen LogP contribution in [0.2, 0.25) is 0 Å². The molecule has 4 heteroatoms. The molecule has 8 heavy (non-hydrogen) atoms. The number of ether oxygens (including phenoxy) is 1. The summed E-state index contributed by atoms with van der Waals surface area (Å²) in [5.41, 5.74) is 0. The summed E-state index contributed by atoms with van der Waals surface area (Å²) in [7, 11) is 0. The van der Waals surface area contributed by atoms with Gasteiger partial charge in [0.1, 0.15) is 0 Å². The Morgan fingerprint density at radius 2 is 1.25 bits per heavy atom. The van der Waals surface area contributed by atoms with E-state index in [1.54, 1.807) is 0 Å². The molecule has 0 spiro atoms. The molecule has 0 aliphatic carbocycles. The van der Waals surface area contributed by atoms with Crippen molar-refractivity contribution >= 4 is 23.1 Å². The normalized spacial score (nSPS) is 15.0. The molecular weight excluding hydrogens is 248 g/mol. The van der Waals surface area contributed by atoms with Crippen LogP contribution < -0.4 is 34.0 Å². The van der Waals surface area contributed by atoms with Gasteiger partial charge in [0.25, 0.3) is 0 Å². The average Bonchev–Trinajstić information content (AvgIpc) is 1.76. The number of rotatable bonds is 0. The minimum atomic E-state index is 0. The van der Waals surface area contributed by atoms with Gasteiger partial charge >= 0.3 is 23.1 Å². The second-order valence-electron chi connectivity index (χ2n) is 1.32. The van der Waals surface area contributed by atoms with Crippen molar-refractivity contribution in [2.45, 2.75) is 12.8 Å². The van der Waals surface area contributed by atoms with E-state index >= 15 is 0 Å². The molecule has 0 atom stereocenters. The summed E-state index contributed by atoms with van der Waals surface area (Å²) >= 11 is 0. The molecule has 0 saturated carbocycles. The first-order chi connectivity index (χ1) is 2.50. The van der Waals surface area contributed by atoms with Crippen LogP contribution in [0.4, 0.5) is 0 Å². The van der Waals surface area contributed by atoms with Crippen LogP contribution in [0.1, 0.15) is 12.8 Å². The molecule has 0 aromatic heterocycles. The Balaban J connectivity index is -0.0000000833. The SMILES string of the molecule is C1CCOC1.[Br-].[Br-].[Mg+2]. The Labute approximate surface area is 87.2 Å². The number of halogens is 2. The molecule has 1 aliphatic heterocycles. The van der Waals surface area contributed by atoms with E-state index in [0.29, 0.717) is 0 Å².